The van der Waals surface area contributed by atoms with Gasteiger partial charge in [-0.1, -0.05) is 6.42 Å². The molecule has 138 valence electrons. The molecule has 1 saturated heterocycles. The Bertz CT molecular complexity index is 463. The summed E-state index contributed by atoms with van der Waals surface area (Å²) in [5.41, 5.74) is 0. The highest BCUT2D eigenvalue weighted by molar-refractivity contribution is 5.80. The first-order valence-electron chi connectivity index (χ1n) is 8.83. The van der Waals surface area contributed by atoms with E-state index in [4.69, 9.17) is 5.11 Å². The highest BCUT2D eigenvalue weighted by Crippen LogP contribution is 2.46. The van der Waals surface area contributed by atoms with Gasteiger partial charge < -0.3 is 15.3 Å². The number of nitrogens with one attached hydrogen (secondary N) is 1. The van der Waals surface area contributed by atoms with Crippen LogP contribution in [0.4, 0.5) is 13.2 Å². The van der Waals surface area contributed by atoms with Gasteiger partial charge in [0.1, 0.15) is 0 Å². The number of nitrogens with zero attached hydrogens (tertiary/aromatic N) is 3. The summed E-state index contributed by atoms with van der Waals surface area (Å²) in [7, 11) is 1.56. The third-order valence-corrected chi connectivity index (χ3v) is 5.83. The number of hydrogen-bond acceptors (Lipinski definition) is 3. The first-order chi connectivity index (χ1) is 11.4. The largest absolute Gasteiger partial charge is 0.416 e. The first-order valence-corrected chi connectivity index (χ1v) is 8.83. The number of aliphatic hydroxyl groups is 1. The van der Waals surface area contributed by atoms with Gasteiger partial charge in [0.15, 0.2) is 12.1 Å². The minimum absolute atomic E-state index is 0.436. The number of fused-ring (bicyclic) bond motifs is 2. The maximum Gasteiger partial charge on any atom is 0.416 e. The van der Waals surface area contributed by atoms with Crippen molar-refractivity contribution in [3.05, 3.63) is 0 Å². The van der Waals surface area contributed by atoms with E-state index in [1.165, 1.54) is 25.7 Å². The highest BCUT2D eigenvalue weighted by atomic mass is 19.4. The van der Waals surface area contributed by atoms with E-state index in [2.05, 4.69) is 15.2 Å². The summed E-state index contributed by atoms with van der Waals surface area (Å²) in [4.78, 5) is 8.59. The van der Waals surface area contributed by atoms with Crippen molar-refractivity contribution in [1.29, 1.82) is 0 Å². The van der Waals surface area contributed by atoms with Crippen LogP contribution in [0.15, 0.2) is 4.99 Å². The van der Waals surface area contributed by atoms with E-state index < -0.39 is 18.8 Å². The summed E-state index contributed by atoms with van der Waals surface area (Å²) in [5, 5.41) is 11.7. The van der Waals surface area contributed by atoms with E-state index in [1.54, 1.807) is 7.05 Å². The fraction of sp³-hybridized carbons (Fsp3) is 0.938. The average Bonchev–Trinajstić information content (AvgIpc) is 3.18. The van der Waals surface area contributed by atoms with Crippen LogP contribution in [-0.4, -0.2) is 79.0 Å². The van der Waals surface area contributed by atoms with E-state index >= 15 is 0 Å². The Morgan fingerprint density at radius 3 is 2.42 bits per heavy atom. The first kappa shape index (κ1) is 17.8. The molecule has 0 spiro atoms. The quantitative estimate of drug-likeness (QED) is 0.596. The van der Waals surface area contributed by atoms with E-state index in [9.17, 15) is 13.2 Å². The van der Waals surface area contributed by atoms with Gasteiger partial charge in [-0.25, -0.2) is 0 Å². The molecule has 2 aliphatic carbocycles. The molecule has 24 heavy (non-hydrogen) atoms. The summed E-state index contributed by atoms with van der Waals surface area (Å²) in [5.74, 6) is 2.20. The number of guanidine groups is 1. The molecule has 0 amide bonds. The molecule has 1 aliphatic heterocycles. The number of alkyl halides is 3. The van der Waals surface area contributed by atoms with Crippen LogP contribution >= 0.6 is 0 Å². The lowest BCUT2D eigenvalue weighted by Crippen LogP contribution is -2.56. The van der Waals surface area contributed by atoms with Crippen LogP contribution in [0, 0.1) is 11.8 Å². The van der Waals surface area contributed by atoms with Gasteiger partial charge in [-0.2, -0.15) is 13.2 Å². The molecule has 4 unspecified atom stereocenters. The minimum atomic E-state index is -4.60. The third kappa shape index (κ3) is 3.79. The van der Waals surface area contributed by atoms with Crippen LogP contribution < -0.4 is 5.32 Å². The van der Waals surface area contributed by atoms with Crippen LogP contribution in [0.3, 0.4) is 0 Å². The second-order valence-electron chi connectivity index (χ2n) is 7.25. The molecule has 4 atom stereocenters. The molecule has 3 rings (SSSR count). The monoisotopic (exact) mass is 348 g/mol. The topological polar surface area (TPSA) is 51.1 Å². The molecule has 0 radical (unpaired) electrons. The SMILES string of the molecule is CN=C(NCC(O)C(F)(F)F)N1CCN(C2CC3CCC2C3)CC1. The van der Waals surface area contributed by atoms with Crippen LogP contribution in [0.2, 0.25) is 0 Å². The van der Waals surface area contributed by atoms with Crippen molar-refractivity contribution in [2.24, 2.45) is 16.8 Å². The van der Waals surface area contributed by atoms with Crippen molar-refractivity contribution >= 4 is 5.96 Å². The van der Waals surface area contributed by atoms with Crippen LogP contribution in [0.5, 0.6) is 0 Å². The zero-order valence-electron chi connectivity index (χ0n) is 14.1. The number of piperazine rings is 1. The van der Waals surface area contributed by atoms with Gasteiger partial charge in [0.05, 0.1) is 6.54 Å². The van der Waals surface area contributed by atoms with Gasteiger partial charge in [-0.05, 0) is 31.1 Å². The Morgan fingerprint density at radius 2 is 1.92 bits per heavy atom. The summed E-state index contributed by atoms with van der Waals surface area (Å²) in [6, 6.07) is 0.702. The van der Waals surface area contributed by atoms with Gasteiger partial charge in [0.2, 0.25) is 0 Å². The zero-order valence-corrected chi connectivity index (χ0v) is 14.1. The molecular weight excluding hydrogens is 321 g/mol. The number of rotatable bonds is 3. The minimum Gasteiger partial charge on any atom is -0.382 e. The fourth-order valence-corrected chi connectivity index (χ4v) is 4.56. The Kier molecular flexibility index (Phi) is 5.24. The molecule has 3 fully saturated rings. The molecular formula is C16H27F3N4O. The van der Waals surface area contributed by atoms with Crippen LogP contribution in [-0.2, 0) is 0 Å². The number of aliphatic hydroxyl groups excluding tert-OH is 1. The standard InChI is InChI=1S/C16H27F3N4O/c1-20-15(21-10-14(24)16(17,18)19)23-6-4-22(5-7-23)13-9-11-2-3-12(13)8-11/h11-14,24H,2-10H2,1H3,(H,20,21). The Morgan fingerprint density at radius 1 is 1.21 bits per heavy atom. The molecule has 0 aromatic rings. The Hall–Kier alpha value is -1.02. The Labute approximate surface area is 140 Å². The van der Waals surface area contributed by atoms with E-state index in [0.717, 1.165) is 38.0 Å². The smallest absolute Gasteiger partial charge is 0.382 e. The van der Waals surface area contributed by atoms with Crippen molar-refractivity contribution in [3.63, 3.8) is 0 Å². The van der Waals surface area contributed by atoms with Crippen molar-refractivity contribution in [3.8, 4) is 0 Å². The normalized spacial score (nSPS) is 33.1. The van der Waals surface area contributed by atoms with Crippen molar-refractivity contribution in [1.82, 2.24) is 15.1 Å². The lowest BCUT2D eigenvalue weighted by atomic mass is 9.93. The van der Waals surface area contributed by atoms with Gasteiger partial charge in [0, 0.05) is 39.3 Å². The van der Waals surface area contributed by atoms with Crippen LogP contribution in [0.1, 0.15) is 25.7 Å². The van der Waals surface area contributed by atoms with Gasteiger partial charge in [0.25, 0.3) is 0 Å². The highest BCUT2D eigenvalue weighted by Gasteiger charge is 2.43. The second kappa shape index (κ2) is 7.07. The number of halogens is 3. The molecule has 2 saturated carbocycles. The predicted octanol–water partition coefficient (Wildman–Crippen LogP) is 1.29. The molecule has 1 heterocycles. The summed E-state index contributed by atoms with van der Waals surface area (Å²) >= 11 is 0. The summed E-state index contributed by atoms with van der Waals surface area (Å²) in [6.07, 6.45) is -1.54. The fourth-order valence-electron chi connectivity index (χ4n) is 4.56. The number of hydrogen-bond donors (Lipinski definition) is 2. The van der Waals surface area contributed by atoms with E-state index in [0.29, 0.717) is 12.0 Å². The summed E-state index contributed by atoms with van der Waals surface area (Å²) in [6.45, 7) is 2.81. The molecule has 0 aromatic heterocycles. The molecule has 0 aromatic carbocycles. The predicted molar refractivity (Wildman–Crippen MR) is 85.8 cm³/mol. The van der Waals surface area contributed by atoms with Crippen LogP contribution in [0.25, 0.3) is 0 Å². The van der Waals surface area contributed by atoms with Crippen molar-refractivity contribution in [2.45, 2.75) is 44.0 Å². The summed E-state index contributed by atoms with van der Waals surface area (Å²) < 4.78 is 37.2. The zero-order chi connectivity index (χ0) is 17.3. The maximum absolute atomic E-state index is 12.4. The molecule has 3 aliphatic rings. The van der Waals surface area contributed by atoms with E-state index in [-0.39, 0.29) is 0 Å². The Balaban J connectivity index is 1.46. The molecule has 2 N–H and O–H groups in total. The number of aliphatic imine (C=N–C) groups is 1. The lowest BCUT2D eigenvalue weighted by Gasteiger charge is -2.42. The molecule has 8 heteroatoms. The van der Waals surface area contributed by atoms with E-state index in [1.807, 2.05) is 4.90 Å². The maximum atomic E-state index is 12.4. The lowest BCUT2D eigenvalue weighted by molar-refractivity contribution is -0.201. The van der Waals surface area contributed by atoms with Crippen molar-refractivity contribution < 1.29 is 18.3 Å². The van der Waals surface area contributed by atoms with Gasteiger partial charge in [-0.15, -0.1) is 0 Å². The van der Waals surface area contributed by atoms with Crippen molar-refractivity contribution in [2.75, 3.05) is 39.8 Å². The van der Waals surface area contributed by atoms with Gasteiger partial charge in [-0.3, -0.25) is 9.89 Å². The third-order valence-electron chi connectivity index (χ3n) is 5.83. The second-order valence-corrected chi connectivity index (χ2v) is 7.25. The molecule has 2 bridgehead atoms. The average molecular weight is 348 g/mol. The van der Waals surface area contributed by atoms with Gasteiger partial charge >= 0.3 is 6.18 Å². The molecule has 5 nitrogen and oxygen atoms in total.